The van der Waals surface area contributed by atoms with E-state index in [9.17, 15) is 10.0 Å². The first-order valence-corrected chi connectivity index (χ1v) is 6.67. The van der Waals surface area contributed by atoms with E-state index in [1.54, 1.807) is 6.92 Å². The van der Waals surface area contributed by atoms with Gasteiger partial charge >= 0.3 is 6.09 Å². The molecule has 0 aromatic carbocycles. The van der Waals surface area contributed by atoms with Gasteiger partial charge in [-0.2, -0.15) is 9.98 Å². The van der Waals surface area contributed by atoms with Crippen molar-refractivity contribution in [2.45, 2.75) is 26.2 Å². The minimum absolute atomic E-state index is 0.0107. The maximum Gasteiger partial charge on any atom is 0.435 e. The molecule has 1 amide bonds. The summed E-state index contributed by atoms with van der Waals surface area (Å²) in [5, 5.41) is 9.75. The highest BCUT2D eigenvalue weighted by molar-refractivity contribution is 5.68. The molecule has 1 aromatic rings. The molecule has 1 aliphatic heterocycles. The van der Waals surface area contributed by atoms with Crippen LogP contribution in [0.2, 0.25) is 0 Å². The van der Waals surface area contributed by atoms with Crippen LogP contribution in [0.5, 0.6) is 0 Å². The highest BCUT2D eigenvalue weighted by atomic mass is 16.5. The molecule has 0 radical (unpaired) electrons. The number of hydrogen-bond acceptors (Lipinski definition) is 6. The number of piperidine rings is 1. The van der Waals surface area contributed by atoms with Gasteiger partial charge in [0.15, 0.2) is 5.49 Å². The van der Waals surface area contributed by atoms with E-state index in [0.717, 1.165) is 25.9 Å². The van der Waals surface area contributed by atoms with Gasteiger partial charge in [0.1, 0.15) is 5.82 Å². The van der Waals surface area contributed by atoms with Gasteiger partial charge in [0.25, 0.3) is 0 Å². The zero-order valence-corrected chi connectivity index (χ0v) is 11.4. The van der Waals surface area contributed by atoms with Gasteiger partial charge in [0.05, 0.1) is 6.61 Å². The lowest BCUT2D eigenvalue weighted by atomic mass is 10.1. The molecule has 1 aliphatic rings. The maximum absolute atomic E-state index is 11.4. The van der Waals surface area contributed by atoms with Crippen molar-refractivity contribution in [3.05, 3.63) is 11.6 Å². The number of rotatable bonds is 2. The lowest BCUT2D eigenvalue weighted by Gasteiger charge is -2.27. The first kappa shape index (κ1) is 14.2. The average molecular weight is 281 g/mol. The van der Waals surface area contributed by atoms with E-state index in [4.69, 9.17) is 10.5 Å². The van der Waals surface area contributed by atoms with Crippen LogP contribution in [-0.2, 0) is 4.74 Å². The van der Waals surface area contributed by atoms with Crippen molar-refractivity contribution in [1.29, 1.82) is 0 Å². The van der Waals surface area contributed by atoms with E-state index in [0.29, 0.717) is 10.5 Å². The molecule has 0 spiro atoms. The van der Waals surface area contributed by atoms with E-state index in [1.165, 1.54) is 12.5 Å². The predicted octanol–water partition coefficient (Wildman–Crippen LogP) is 0.750. The number of aromatic nitrogens is 2. The number of carbonyl (C=O) groups is 1. The van der Waals surface area contributed by atoms with Crippen LogP contribution in [0.4, 0.5) is 16.6 Å². The number of amides is 1. The van der Waals surface area contributed by atoms with Crippen molar-refractivity contribution in [3.8, 4) is 0 Å². The quantitative estimate of drug-likeness (QED) is 0.775. The van der Waals surface area contributed by atoms with Crippen LogP contribution in [0.15, 0.2) is 11.1 Å². The molecule has 2 heterocycles. The highest BCUT2D eigenvalue weighted by Gasteiger charge is 2.14. The lowest BCUT2D eigenvalue weighted by Crippen LogP contribution is -2.33. The zero-order chi connectivity index (χ0) is 14.5. The third-order valence-electron chi connectivity index (χ3n) is 3.08. The molecule has 1 aromatic heterocycles. The second-order valence-electron chi connectivity index (χ2n) is 4.50. The smallest absolute Gasteiger partial charge is 0.435 e. The van der Waals surface area contributed by atoms with Crippen LogP contribution >= 0.6 is 0 Å². The second kappa shape index (κ2) is 6.27. The minimum atomic E-state index is -0.773. The molecule has 0 unspecified atom stereocenters. The van der Waals surface area contributed by atoms with E-state index < -0.39 is 6.09 Å². The summed E-state index contributed by atoms with van der Waals surface area (Å²) in [7, 11) is 0. The molecule has 20 heavy (non-hydrogen) atoms. The Morgan fingerprint density at radius 1 is 1.50 bits per heavy atom. The minimum Gasteiger partial charge on any atom is -0.448 e. The molecule has 1 saturated heterocycles. The Labute approximate surface area is 116 Å². The molecule has 0 saturated carbocycles. The molecule has 110 valence electrons. The summed E-state index contributed by atoms with van der Waals surface area (Å²) < 4.78 is 5.29. The Morgan fingerprint density at radius 3 is 2.85 bits per heavy atom. The Hall–Kier alpha value is -2.25. The van der Waals surface area contributed by atoms with Crippen molar-refractivity contribution < 1.29 is 14.7 Å². The van der Waals surface area contributed by atoms with Gasteiger partial charge < -0.3 is 20.6 Å². The van der Waals surface area contributed by atoms with Crippen LogP contribution in [0.1, 0.15) is 26.2 Å². The largest absolute Gasteiger partial charge is 0.448 e. The fraction of sp³-hybridized carbons (Fsp3) is 0.583. The molecule has 0 bridgehead atoms. The summed E-state index contributed by atoms with van der Waals surface area (Å²) in [6, 6.07) is 1.53. The van der Waals surface area contributed by atoms with Crippen LogP contribution in [0, 0.1) is 0 Å². The fourth-order valence-electron chi connectivity index (χ4n) is 2.10. The molecular formula is C12H19N5O3. The van der Waals surface area contributed by atoms with Gasteiger partial charge in [-0.15, -0.1) is 4.73 Å². The average Bonchev–Trinajstić information content (AvgIpc) is 2.45. The van der Waals surface area contributed by atoms with Crippen LogP contribution < -0.4 is 16.1 Å². The SMILES string of the molecule is CCOC(=O)N=c1cc(N2CCCCC2)nc(N)n1O. The Morgan fingerprint density at radius 2 is 2.20 bits per heavy atom. The van der Waals surface area contributed by atoms with Crippen LogP contribution in [-0.4, -0.2) is 40.7 Å². The van der Waals surface area contributed by atoms with E-state index in [2.05, 4.69) is 14.9 Å². The first-order chi connectivity index (χ1) is 9.61. The van der Waals surface area contributed by atoms with Gasteiger partial charge in [-0.25, -0.2) is 4.79 Å². The Kier molecular flexibility index (Phi) is 4.44. The van der Waals surface area contributed by atoms with Crippen LogP contribution in [0.25, 0.3) is 0 Å². The van der Waals surface area contributed by atoms with Crippen molar-refractivity contribution in [1.82, 2.24) is 9.71 Å². The lowest BCUT2D eigenvalue weighted by molar-refractivity contribution is 0.154. The second-order valence-corrected chi connectivity index (χ2v) is 4.50. The number of nitrogens with two attached hydrogens (primary N) is 1. The monoisotopic (exact) mass is 281 g/mol. The molecule has 3 N–H and O–H groups in total. The predicted molar refractivity (Wildman–Crippen MR) is 72.5 cm³/mol. The molecule has 0 atom stereocenters. The van der Waals surface area contributed by atoms with Crippen molar-refractivity contribution in [2.24, 2.45) is 4.99 Å². The summed E-state index contributed by atoms with van der Waals surface area (Å²) in [5.41, 5.74) is 5.65. The van der Waals surface area contributed by atoms with Crippen molar-refractivity contribution >= 4 is 17.9 Å². The number of ether oxygens (including phenoxy) is 1. The molecule has 0 aliphatic carbocycles. The van der Waals surface area contributed by atoms with Gasteiger partial charge in [0.2, 0.25) is 5.95 Å². The van der Waals surface area contributed by atoms with Crippen molar-refractivity contribution in [3.63, 3.8) is 0 Å². The Balaban J connectivity index is 2.36. The van der Waals surface area contributed by atoms with Gasteiger partial charge in [-0.3, -0.25) is 0 Å². The van der Waals surface area contributed by atoms with E-state index >= 15 is 0 Å². The number of carbonyl (C=O) groups excluding carboxylic acids is 1. The number of nitrogens with zero attached hydrogens (tertiary/aromatic N) is 4. The standard InChI is InChI=1S/C12H19N5O3/c1-2-20-12(18)15-10-8-9(14-11(13)17(10)19)16-6-4-3-5-7-16/h8,19H,2-7H2,1H3,(H2,13,14). The zero-order valence-electron chi connectivity index (χ0n) is 11.4. The molecule has 8 heteroatoms. The number of nitrogen functional groups attached to an aromatic ring is 1. The molecule has 2 rings (SSSR count). The molecule has 1 fully saturated rings. The van der Waals surface area contributed by atoms with Crippen molar-refractivity contribution in [2.75, 3.05) is 30.3 Å². The summed E-state index contributed by atoms with van der Waals surface area (Å²) in [6.07, 6.45) is 2.59. The highest BCUT2D eigenvalue weighted by Crippen LogP contribution is 2.16. The van der Waals surface area contributed by atoms with Gasteiger partial charge in [0, 0.05) is 19.2 Å². The third kappa shape index (κ3) is 3.19. The van der Waals surface area contributed by atoms with E-state index in [1.807, 2.05) is 0 Å². The maximum atomic E-state index is 11.4. The normalized spacial score (nSPS) is 16.2. The summed E-state index contributed by atoms with van der Waals surface area (Å²) >= 11 is 0. The summed E-state index contributed by atoms with van der Waals surface area (Å²) in [5.74, 6) is 0.492. The van der Waals surface area contributed by atoms with Gasteiger partial charge in [-0.1, -0.05) is 0 Å². The van der Waals surface area contributed by atoms with Crippen LogP contribution in [0.3, 0.4) is 0 Å². The summed E-state index contributed by atoms with van der Waals surface area (Å²) in [6.45, 7) is 3.65. The Bertz CT molecular complexity index is 549. The van der Waals surface area contributed by atoms with E-state index in [-0.39, 0.29) is 18.0 Å². The third-order valence-corrected chi connectivity index (χ3v) is 3.08. The fourth-order valence-corrected chi connectivity index (χ4v) is 2.10. The number of hydrogen-bond donors (Lipinski definition) is 2. The number of anilines is 2. The van der Waals surface area contributed by atoms with Gasteiger partial charge in [-0.05, 0) is 26.2 Å². The topological polar surface area (TPSA) is 106 Å². The molecule has 8 nitrogen and oxygen atoms in total. The summed E-state index contributed by atoms with van der Waals surface area (Å²) in [4.78, 5) is 21.2. The first-order valence-electron chi connectivity index (χ1n) is 6.67. The molecular weight excluding hydrogens is 262 g/mol.